The van der Waals surface area contributed by atoms with Crippen LogP contribution in [0.4, 0.5) is 0 Å². The first-order valence-electron chi connectivity index (χ1n) is 7.61. The molecular formula is C19H22O3S. The van der Waals surface area contributed by atoms with Gasteiger partial charge in [-0.05, 0) is 60.7 Å². The molecule has 0 saturated heterocycles. The van der Waals surface area contributed by atoms with Crippen molar-refractivity contribution in [2.24, 2.45) is 0 Å². The smallest absolute Gasteiger partial charge is 0.150 e. The minimum atomic E-state index is -0.773. The highest BCUT2D eigenvalue weighted by Crippen LogP contribution is 2.31. The number of aldehydes is 1. The Morgan fingerprint density at radius 2 is 1.83 bits per heavy atom. The van der Waals surface area contributed by atoms with E-state index in [0.717, 1.165) is 40.7 Å². The highest BCUT2D eigenvalue weighted by atomic mass is 32.2. The number of rotatable bonds is 7. The monoisotopic (exact) mass is 330 g/mol. The predicted octanol–water partition coefficient (Wildman–Crippen LogP) is 3.93. The first-order valence-corrected chi connectivity index (χ1v) is 9.33. The molecule has 0 aliphatic heterocycles. The number of benzene rings is 2. The van der Waals surface area contributed by atoms with Crippen molar-refractivity contribution in [1.82, 2.24) is 0 Å². The van der Waals surface area contributed by atoms with Crippen LogP contribution in [0.15, 0.2) is 36.4 Å². The topological polar surface area (TPSA) is 43.4 Å². The Bertz CT molecular complexity index is 699. The van der Waals surface area contributed by atoms with Crippen molar-refractivity contribution in [3.05, 3.63) is 53.1 Å². The van der Waals surface area contributed by atoms with Crippen molar-refractivity contribution in [1.29, 1.82) is 0 Å². The maximum Gasteiger partial charge on any atom is 0.150 e. The first-order chi connectivity index (χ1) is 11.0. The highest BCUT2D eigenvalue weighted by molar-refractivity contribution is 7.84. The number of carbonyl (C=O) groups excluding carboxylic acids is 1. The van der Waals surface area contributed by atoms with Gasteiger partial charge in [0.2, 0.25) is 0 Å². The zero-order chi connectivity index (χ0) is 16.8. The van der Waals surface area contributed by atoms with Gasteiger partial charge < -0.3 is 4.74 Å². The number of hydrogen-bond donors (Lipinski definition) is 0. The lowest BCUT2D eigenvalue weighted by Crippen LogP contribution is -2.04. The van der Waals surface area contributed by atoms with E-state index < -0.39 is 10.8 Å². The van der Waals surface area contributed by atoms with E-state index >= 15 is 0 Å². The molecule has 0 amide bonds. The molecule has 0 heterocycles. The van der Waals surface area contributed by atoms with E-state index in [1.807, 2.05) is 44.2 Å². The van der Waals surface area contributed by atoms with Crippen LogP contribution in [0.5, 0.6) is 5.75 Å². The molecule has 0 N–H and O–H groups in total. The summed E-state index contributed by atoms with van der Waals surface area (Å²) in [6.45, 7) is 4.66. The maximum atomic E-state index is 11.0. The average Bonchev–Trinajstić information content (AvgIpc) is 2.51. The second-order valence-corrected chi connectivity index (χ2v) is 7.21. The van der Waals surface area contributed by atoms with Gasteiger partial charge in [-0.2, -0.15) is 0 Å². The van der Waals surface area contributed by atoms with Crippen molar-refractivity contribution in [3.8, 4) is 16.9 Å². The SMILES string of the molecule is Cc1cc(OCCCS(C)=O)cc(C)c1-c1cccc(C=O)c1. The standard InChI is InChI=1S/C19H22O3S/c1-14-10-18(22-8-5-9-23(3)21)11-15(2)19(14)17-7-4-6-16(12-17)13-20/h4,6-7,10-13H,5,8-9H2,1-3H3. The largest absolute Gasteiger partial charge is 0.494 e. The molecule has 2 aromatic rings. The maximum absolute atomic E-state index is 11.0. The van der Waals surface area contributed by atoms with Crippen LogP contribution in [0, 0.1) is 13.8 Å². The third-order valence-corrected chi connectivity index (χ3v) is 4.53. The van der Waals surface area contributed by atoms with Gasteiger partial charge in [0.25, 0.3) is 0 Å². The zero-order valence-corrected chi connectivity index (χ0v) is 14.6. The number of aryl methyl sites for hydroxylation is 2. The molecule has 4 heteroatoms. The van der Waals surface area contributed by atoms with Gasteiger partial charge in [-0.3, -0.25) is 9.00 Å². The summed E-state index contributed by atoms with van der Waals surface area (Å²) in [6.07, 6.45) is 3.35. The van der Waals surface area contributed by atoms with Crippen LogP contribution in [0.1, 0.15) is 27.9 Å². The lowest BCUT2D eigenvalue weighted by molar-refractivity contribution is 0.112. The van der Waals surface area contributed by atoms with Crippen LogP contribution in [-0.4, -0.2) is 29.1 Å². The minimum absolute atomic E-state index is 0.568. The summed E-state index contributed by atoms with van der Waals surface area (Å²) in [5.41, 5.74) is 5.08. The van der Waals surface area contributed by atoms with Crippen LogP contribution in [0.25, 0.3) is 11.1 Å². The van der Waals surface area contributed by atoms with Gasteiger partial charge in [-0.25, -0.2) is 0 Å². The number of carbonyl (C=O) groups is 1. The Morgan fingerprint density at radius 3 is 2.43 bits per heavy atom. The van der Waals surface area contributed by atoms with Gasteiger partial charge in [-0.1, -0.05) is 18.2 Å². The third-order valence-electron chi connectivity index (χ3n) is 3.66. The van der Waals surface area contributed by atoms with Crippen molar-refractivity contribution in [3.63, 3.8) is 0 Å². The Morgan fingerprint density at radius 1 is 1.13 bits per heavy atom. The van der Waals surface area contributed by atoms with Gasteiger partial charge in [0.15, 0.2) is 0 Å². The molecule has 1 atom stereocenters. The summed E-state index contributed by atoms with van der Waals surface area (Å²) >= 11 is 0. The molecule has 0 aromatic heterocycles. The van der Waals surface area contributed by atoms with Crippen LogP contribution in [0.3, 0.4) is 0 Å². The normalized spacial score (nSPS) is 12.0. The van der Waals surface area contributed by atoms with Crippen molar-refractivity contribution in [2.75, 3.05) is 18.6 Å². The van der Waals surface area contributed by atoms with Crippen LogP contribution in [0.2, 0.25) is 0 Å². The van der Waals surface area contributed by atoms with E-state index in [1.165, 1.54) is 0 Å². The van der Waals surface area contributed by atoms with E-state index in [1.54, 1.807) is 12.3 Å². The van der Waals surface area contributed by atoms with Gasteiger partial charge in [0.1, 0.15) is 12.0 Å². The van der Waals surface area contributed by atoms with Gasteiger partial charge >= 0.3 is 0 Å². The summed E-state index contributed by atoms with van der Waals surface area (Å²) in [5.74, 6) is 1.49. The summed E-state index contributed by atoms with van der Waals surface area (Å²) in [4.78, 5) is 11.0. The Balaban J connectivity index is 2.19. The van der Waals surface area contributed by atoms with E-state index in [-0.39, 0.29) is 0 Å². The molecule has 0 spiro atoms. The molecule has 0 bridgehead atoms. The Hall–Kier alpha value is -1.94. The summed E-state index contributed by atoms with van der Waals surface area (Å²) in [7, 11) is -0.773. The van der Waals surface area contributed by atoms with Crippen LogP contribution >= 0.6 is 0 Å². The summed E-state index contributed by atoms with van der Waals surface area (Å²) in [5, 5.41) is 0. The Kier molecular flexibility index (Phi) is 6.11. The number of ether oxygens (including phenoxy) is 1. The van der Waals surface area contributed by atoms with Crippen LogP contribution < -0.4 is 4.74 Å². The fourth-order valence-corrected chi connectivity index (χ4v) is 3.21. The molecule has 122 valence electrons. The van der Waals surface area contributed by atoms with E-state index in [2.05, 4.69) is 0 Å². The molecule has 2 rings (SSSR count). The Labute approximate surface area is 140 Å². The predicted molar refractivity (Wildman–Crippen MR) is 95.8 cm³/mol. The molecule has 1 unspecified atom stereocenters. The molecule has 2 aromatic carbocycles. The fourth-order valence-electron chi connectivity index (χ4n) is 2.68. The molecule has 0 saturated carbocycles. The highest BCUT2D eigenvalue weighted by Gasteiger charge is 2.09. The lowest BCUT2D eigenvalue weighted by atomic mass is 9.94. The minimum Gasteiger partial charge on any atom is -0.494 e. The molecule has 3 nitrogen and oxygen atoms in total. The second-order valence-electron chi connectivity index (χ2n) is 5.65. The van der Waals surface area contributed by atoms with Crippen molar-refractivity contribution in [2.45, 2.75) is 20.3 Å². The molecule has 0 radical (unpaired) electrons. The lowest BCUT2D eigenvalue weighted by Gasteiger charge is -2.14. The average molecular weight is 330 g/mol. The van der Waals surface area contributed by atoms with Gasteiger partial charge in [0.05, 0.1) is 6.61 Å². The third kappa shape index (κ3) is 4.76. The molecular weight excluding hydrogens is 308 g/mol. The molecule has 23 heavy (non-hydrogen) atoms. The van der Waals surface area contributed by atoms with E-state index in [0.29, 0.717) is 17.9 Å². The summed E-state index contributed by atoms with van der Waals surface area (Å²) in [6, 6.07) is 11.6. The quantitative estimate of drug-likeness (QED) is 0.571. The van der Waals surface area contributed by atoms with Gasteiger partial charge in [0, 0.05) is 28.4 Å². The fraction of sp³-hybridized carbons (Fsp3) is 0.316. The second kappa shape index (κ2) is 8.06. The molecule has 0 fully saturated rings. The van der Waals surface area contributed by atoms with E-state index in [9.17, 15) is 9.00 Å². The van der Waals surface area contributed by atoms with E-state index in [4.69, 9.17) is 4.74 Å². The number of hydrogen-bond acceptors (Lipinski definition) is 3. The summed E-state index contributed by atoms with van der Waals surface area (Å²) < 4.78 is 16.8. The molecule has 0 aliphatic carbocycles. The first kappa shape index (κ1) is 17.4. The zero-order valence-electron chi connectivity index (χ0n) is 13.8. The van der Waals surface area contributed by atoms with Gasteiger partial charge in [-0.15, -0.1) is 0 Å². The van der Waals surface area contributed by atoms with Crippen LogP contribution in [-0.2, 0) is 10.8 Å². The van der Waals surface area contributed by atoms with Crippen molar-refractivity contribution >= 4 is 17.1 Å². The molecule has 0 aliphatic rings. The van der Waals surface area contributed by atoms with Crippen molar-refractivity contribution < 1.29 is 13.7 Å².